The van der Waals surface area contributed by atoms with Crippen molar-refractivity contribution in [3.63, 3.8) is 0 Å². The van der Waals surface area contributed by atoms with Crippen LogP contribution < -0.4 is 9.80 Å². The first kappa shape index (κ1) is 24.9. The van der Waals surface area contributed by atoms with E-state index in [2.05, 4.69) is 4.98 Å². The summed E-state index contributed by atoms with van der Waals surface area (Å²) in [6.45, 7) is 1.95. The van der Waals surface area contributed by atoms with E-state index in [1.54, 1.807) is 49.6 Å². The summed E-state index contributed by atoms with van der Waals surface area (Å²) in [5.74, 6) is -0.985. The van der Waals surface area contributed by atoms with Gasteiger partial charge in [-0.15, -0.1) is 0 Å². The number of halogens is 3. The number of anilines is 3. The van der Waals surface area contributed by atoms with Crippen molar-refractivity contribution in [1.82, 2.24) is 4.98 Å². The minimum atomic E-state index is -4.62. The summed E-state index contributed by atoms with van der Waals surface area (Å²) in [5.41, 5.74) is 1.39. The largest absolute Gasteiger partial charge is 0.416 e. The average Bonchev–Trinajstić information content (AvgIpc) is 3.31. The third kappa shape index (κ3) is 3.81. The minimum Gasteiger partial charge on any atom is -0.309 e. The zero-order chi connectivity index (χ0) is 27.4. The maximum absolute atomic E-state index is 14.8. The van der Waals surface area contributed by atoms with Gasteiger partial charge in [-0.2, -0.15) is 13.2 Å². The van der Waals surface area contributed by atoms with Gasteiger partial charge in [0.25, 0.3) is 5.91 Å². The molecule has 8 heteroatoms. The number of carbonyl (C=O) groups excluding carboxylic acids is 2. The van der Waals surface area contributed by atoms with Crippen LogP contribution in [-0.4, -0.2) is 23.3 Å². The SMILES string of the molecule is CCN1C(=O)C2(CCc3ccc(-c4ccncc4)cc32)C(=O)N(c2ccccc2)c2cc(C(F)(F)F)ccc21. The first-order valence-electron chi connectivity index (χ1n) is 12.7. The summed E-state index contributed by atoms with van der Waals surface area (Å²) < 4.78 is 41.6. The van der Waals surface area contributed by atoms with Gasteiger partial charge in [-0.05, 0) is 90.6 Å². The molecule has 3 aromatic carbocycles. The Hall–Kier alpha value is -4.46. The molecule has 1 spiro atoms. The first-order chi connectivity index (χ1) is 18.8. The van der Waals surface area contributed by atoms with Gasteiger partial charge in [0, 0.05) is 24.6 Å². The zero-order valence-electron chi connectivity index (χ0n) is 21.1. The normalized spacial score (nSPS) is 18.8. The molecule has 6 rings (SSSR count). The lowest BCUT2D eigenvalue weighted by Crippen LogP contribution is -2.53. The highest BCUT2D eigenvalue weighted by atomic mass is 19.4. The Labute approximate surface area is 223 Å². The molecule has 0 radical (unpaired) electrons. The number of amides is 2. The zero-order valence-corrected chi connectivity index (χ0v) is 21.1. The number of hydrogen-bond donors (Lipinski definition) is 0. The lowest BCUT2D eigenvalue weighted by atomic mass is 9.78. The van der Waals surface area contributed by atoms with Crippen LogP contribution in [0.25, 0.3) is 11.1 Å². The fourth-order valence-corrected chi connectivity index (χ4v) is 5.80. The van der Waals surface area contributed by atoms with E-state index in [1.165, 1.54) is 15.9 Å². The highest BCUT2D eigenvalue weighted by Crippen LogP contribution is 2.51. The molecule has 0 saturated heterocycles. The number of pyridine rings is 1. The second-order valence-electron chi connectivity index (χ2n) is 9.74. The van der Waals surface area contributed by atoms with E-state index in [9.17, 15) is 22.8 Å². The molecule has 0 saturated carbocycles. The standard InChI is InChI=1S/C31H24F3N3O2/c1-2-36-26-11-10-23(31(32,33)34)19-27(26)37(24-6-4-3-5-7-24)29(39)30(28(36)38)15-12-21-8-9-22(18-25(21)30)20-13-16-35-17-14-20/h3-11,13-14,16-19H,2,12,15H2,1H3. The topological polar surface area (TPSA) is 53.5 Å². The van der Waals surface area contributed by atoms with E-state index >= 15 is 0 Å². The number of likely N-dealkylation sites (N-methyl/N-ethyl adjacent to an activating group) is 1. The predicted molar refractivity (Wildman–Crippen MR) is 143 cm³/mol. The van der Waals surface area contributed by atoms with Gasteiger partial charge in [0.1, 0.15) is 0 Å². The fraction of sp³-hybridized carbons (Fsp3) is 0.194. The van der Waals surface area contributed by atoms with Crippen LogP contribution in [0.4, 0.5) is 30.2 Å². The van der Waals surface area contributed by atoms with Crippen LogP contribution in [0.15, 0.2) is 91.3 Å². The van der Waals surface area contributed by atoms with Gasteiger partial charge in [0.05, 0.1) is 16.9 Å². The van der Waals surface area contributed by atoms with E-state index in [-0.39, 0.29) is 24.3 Å². The molecule has 4 aromatic rings. The molecular formula is C31H24F3N3O2. The highest BCUT2D eigenvalue weighted by molar-refractivity contribution is 6.27. The van der Waals surface area contributed by atoms with Crippen LogP contribution in [0.1, 0.15) is 30.0 Å². The summed E-state index contributed by atoms with van der Waals surface area (Å²) in [6.07, 6.45) is -0.561. The molecule has 1 aromatic heterocycles. The lowest BCUT2D eigenvalue weighted by Gasteiger charge is -2.33. The van der Waals surface area contributed by atoms with Crippen LogP contribution in [0, 0.1) is 0 Å². The Kier molecular flexibility index (Phi) is 5.79. The number of benzene rings is 3. The van der Waals surface area contributed by atoms with Crippen molar-refractivity contribution in [2.24, 2.45) is 0 Å². The van der Waals surface area contributed by atoms with Crippen LogP contribution in [-0.2, 0) is 27.6 Å². The number of fused-ring (bicyclic) bond motifs is 3. The van der Waals surface area contributed by atoms with Crippen LogP contribution >= 0.6 is 0 Å². The molecule has 1 aliphatic carbocycles. The second-order valence-corrected chi connectivity index (χ2v) is 9.74. The monoisotopic (exact) mass is 527 g/mol. The van der Waals surface area contributed by atoms with E-state index in [4.69, 9.17) is 0 Å². The molecule has 5 nitrogen and oxygen atoms in total. The fourth-order valence-electron chi connectivity index (χ4n) is 5.80. The quantitative estimate of drug-likeness (QED) is 0.279. The first-order valence-corrected chi connectivity index (χ1v) is 12.7. The van der Waals surface area contributed by atoms with Crippen molar-refractivity contribution in [3.8, 4) is 11.1 Å². The van der Waals surface area contributed by atoms with E-state index < -0.39 is 29.0 Å². The number of para-hydroxylation sites is 1. The Morgan fingerprint density at radius 1 is 0.846 bits per heavy atom. The van der Waals surface area contributed by atoms with Gasteiger partial charge in [0.2, 0.25) is 5.91 Å². The van der Waals surface area contributed by atoms with Crippen LogP contribution in [0.5, 0.6) is 0 Å². The third-order valence-corrected chi connectivity index (χ3v) is 7.70. The van der Waals surface area contributed by atoms with Gasteiger partial charge >= 0.3 is 6.18 Å². The molecule has 1 unspecified atom stereocenters. The molecule has 0 N–H and O–H groups in total. The molecule has 0 bridgehead atoms. The van der Waals surface area contributed by atoms with Gasteiger partial charge in [-0.1, -0.05) is 30.3 Å². The molecule has 39 heavy (non-hydrogen) atoms. The van der Waals surface area contributed by atoms with E-state index in [1.807, 2.05) is 30.3 Å². The summed E-state index contributed by atoms with van der Waals surface area (Å²) in [5, 5.41) is 0. The van der Waals surface area contributed by atoms with Crippen molar-refractivity contribution in [1.29, 1.82) is 0 Å². The summed E-state index contributed by atoms with van der Waals surface area (Å²) in [7, 11) is 0. The molecule has 2 amide bonds. The van der Waals surface area contributed by atoms with Crippen molar-refractivity contribution < 1.29 is 22.8 Å². The number of aryl methyl sites for hydroxylation is 1. The van der Waals surface area contributed by atoms with Crippen LogP contribution in [0.2, 0.25) is 0 Å². The predicted octanol–water partition coefficient (Wildman–Crippen LogP) is 6.68. The van der Waals surface area contributed by atoms with E-state index in [0.29, 0.717) is 17.7 Å². The van der Waals surface area contributed by atoms with Gasteiger partial charge < -0.3 is 4.90 Å². The Bertz CT molecular complexity index is 1590. The van der Waals surface area contributed by atoms with Crippen molar-refractivity contribution in [2.75, 3.05) is 16.3 Å². The van der Waals surface area contributed by atoms with Gasteiger partial charge in [-0.25, -0.2) is 0 Å². The number of alkyl halides is 3. The third-order valence-electron chi connectivity index (χ3n) is 7.70. The Balaban J connectivity index is 1.63. The molecule has 2 aliphatic rings. The molecule has 2 heterocycles. The smallest absolute Gasteiger partial charge is 0.309 e. The maximum atomic E-state index is 14.8. The molecule has 196 valence electrons. The summed E-state index contributed by atoms with van der Waals surface area (Å²) in [6, 6.07) is 21.2. The minimum absolute atomic E-state index is 0.0341. The molecular weight excluding hydrogens is 503 g/mol. The summed E-state index contributed by atoms with van der Waals surface area (Å²) in [4.78, 5) is 36.1. The Morgan fingerprint density at radius 2 is 1.59 bits per heavy atom. The number of carbonyl (C=O) groups is 2. The molecule has 1 atom stereocenters. The van der Waals surface area contributed by atoms with Crippen molar-refractivity contribution in [3.05, 3.63) is 108 Å². The summed E-state index contributed by atoms with van der Waals surface area (Å²) >= 11 is 0. The average molecular weight is 528 g/mol. The van der Waals surface area contributed by atoms with Crippen LogP contribution in [0.3, 0.4) is 0 Å². The number of hydrogen-bond acceptors (Lipinski definition) is 3. The van der Waals surface area contributed by atoms with Gasteiger partial charge in [0.15, 0.2) is 5.41 Å². The number of nitrogens with zero attached hydrogens (tertiary/aromatic N) is 3. The van der Waals surface area contributed by atoms with Gasteiger partial charge in [-0.3, -0.25) is 19.5 Å². The molecule has 1 aliphatic heterocycles. The molecule has 0 fully saturated rings. The highest BCUT2D eigenvalue weighted by Gasteiger charge is 2.57. The number of aromatic nitrogens is 1. The second kappa shape index (κ2) is 9.08. The lowest BCUT2D eigenvalue weighted by molar-refractivity contribution is -0.138. The van der Waals surface area contributed by atoms with Crippen molar-refractivity contribution in [2.45, 2.75) is 31.4 Å². The van der Waals surface area contributed by atoms with Crippen molar-refractivity contribution >= 4 is 28.9 Å². The number of rotatable bonds is 3. The Morgan fingerprint density at radius 3 is 2.28 bits per heavy atom. The van der Waals surface area contributed by atoms with E-state index in [0.717, 1.165) is 28.8 Å². The maximum Gasteiger partial charge on any atom is 0.416 e.